The molecule has 72 valence electrons. The zero-order chi connectivity index (χ0) is 10.0. The predicted molar refractivity (Wildman–Crippen MR) is 48.7 cm³/mol. The lowest BCUT2D eigenvalue weighted by Gasteiger charge is -2.06. The smallest absolute Gasteiger partial charge is 0.306 e. The van der Waals surface area contributed by atoms with Crippen LogP contribution in [0.5, 0.6) is 0 Å². The summed E-state index contributed by atoms with van der Waals surface area (Å²) in [6.07, 6.45) is 1.93. The Morgan fingerprint density at radius 3 is 2.85 bits per heavy atom. The average Bonchev–Trinajstić information content (AvgIpc) is 2.35. The van der Waals surface area contributed by atoms with Crippen LogP contribution in [-0.2, 0) is 18.3 Å². The second-order valence-electron chi connectivity index (χ2n) is 3.01. The van der Waals surface area contributed by atoms with E-state index in [2.05, 4.69) is 5.10 Å². The molecule has 1 heterocycles. The van der Waals surface area contributed by atoms with E-state index in [-0.39, 0.29) is 0 Å². The van der Waals surface area contributed by atoms with Crippen LogP contribution in [0.4, 0.5) is 0 Å². The van der Waals surface area contributed by atoms with E-state index < -0.39 is 11.9 Å². The number of carboxylic acid groups (broad SMARTS) is 1. The lowest BCUT2D eigenvalue weighted by Crippen LogP contribution is -2.14. The molecule has 4 nitrogen and oxygen atoms in total. The van der Waals surface area contributed by atoms with Crippen molar-refractivity contribution in [3.8, 4) is 0 Å². The third kappa shape index (κ3) is 2.21. The molecular formula is C8H11ClN2O2. The normalized spacial score (nSPS) is 12.8. The maximum Gasteiger partial charge on any atom is 0.306 e. The molecule has 0 aliphatic carbocycles. The van der Waals surface area contributed by atoms with Crippen molar-refractivity contribution in [1.29, 1.82) is 0 Å². The Hall–Kier alpha value is -1.03. The van der Waals surface area contributed by atoms with Gasteiger partial charge in [0, 0.05) is 13.5 Å². The van der Waals surface area contributed by atoms with Gasteiger partial charge in [0.2, 0.25) is 0 Å². The molecule has 1 unspecified atom stereocenters. The monoisotopic (exact) mass is 202 g/mol. The number of carbonyl (C=O) groups is 1. The molecule has 0 aromatic carbocycles. The molecule has 0 bridgehead atoms. The fourth-order valence-corrected chi connectivity index (χ4v) is 1.29. The van der Waals surface area contributed by atoms with Crippen molar-refractivity contribution in [2.75, 3.05) is 0 Å². The number of aryl methyl sites for hydroxylation is 1. The van der Waals surface area contributed by atoms with Gasteiger partial charge in [0.1, 0.15) is 0 Å². The minimum atomic E-state index is -0.822. The van der Waals surface area contributed by atoms with E-state index in [1.165, 1.54) is 6.20 Å². The van der Waals surface area contributed by atoms with Gasteiger partial charge in [-0.3, -0.25) is 9.48 Å². The number of nitrogens with zero attached hydrogens (tertiary/aromatic N) is 2. The van der Waals surface area contributed by atoms with Gasteiger partial charge in [-0.15, -0.1) is 0 Å². The van der Waals surface area contributed by atoms with Gasteiger partial charge in [-0.05, 0) is 0 Å². The average molecular weight is 203 g/mol. The van der Waals surface area contributed by atoms with Crippen LogP contribution < -0.4 is 0 Å². The summed E-state index contributed by atoms with van der Waals surface area (Å²) >= 11 is 5.82. The first-order valence-electron chi connectivity index (χ1n) is 3.91. The van der Waals surface area contributed by atoms with Crippen molar-refractivity contribution < 1.29 is 9.90 Å². The fourth-order valence-electron chi connectivity index (χ4n) is 1.04. The zero-order valence-corrected chi connectivity index (χ0v) is 8.25. The molecule has 0 saturated heterocycles. The Bertz CT molecular complexity index is 302. The number of hydrogen-bond acceptors (Lipinski definition) is 2. The van der Waals surface area contributed by atoms with Gasteiger partial charge in [0.05, 0.1) is 22.8 Å². The molecule has 13 heavy (non-hydrogen) atoms. The van der Waals surface area contributed by atoms with Gasteiger partial charge >= 0.3 is 5.97 Å². The van der Waals surface area contributed by atoms with Crippen molar-refractivity contribution in [1.82, 2.24) is 9.78 Å². The Morgan fingerprint density at radius 2 is 2.46 bits per heavy atom. The van der Waals surface area contributed by atoms with Gasteiger partial charge in [0.25, 0.3) is 0 Å². The van der Waals surface area contributed by atoms with Gasteiger partial charge in [-0.1, -0.05) is 18.5 Å². The van der Waals surface area contributed by atoms with Crippen LogP contribution in [0, 0.1) is 5.92 Å². The molecule has 0 radical (unpaired) electrons. The third-order valence-electron chi connectivity index (χ3n) is 1.93. The first-order valence-corrected chi connectivity index (χ1v) is 4.29. The van der Waals surface area contributed by atoms with E-state index in [4.69, 9.17) is 16.7 Å². The summed E-state index contributed by atoms with van der Waals surface area (Å²) in [5.41, 5.74) is 0.761. The number of aliphatic carboxylic acids is 1. The molecular weight excluding hydrogens is 192 g/mol. The van der Waals surface area contributed by atoms with Crippen LogP contribution in [0.3, 0.4) is 0 Å². The summed E-state index contributed by atoms with van der Waals surface area (Å²) in [5.74, 6) is -1.26. The Morgan fingerprint density at radius 1 is 1.85 bits per heavy atom. The first kappa shape index (κ1) is 10.1. The van der Waals surface area contributed by atoms with Crippen molar-refractivity contribution in [2.24, 2.45) is 13.0 Å². The van der Waals surface area contributed by atoms with Crippen molar-refractivity contribution in [3.05, 3.63) is 16.9 Å². The molecule has 1 rings (SSSR count). The molecule has 5 heteroatoms. The second kappa shape index (κ2) is 3.79. The van der Waals surface area contributed by atoms with E-state index >= 15 is 0 Å². The highest BCUT2D eigenvalue weighted by Crippen LogP contribution is 2.17. The number of hydrogen-bond donors (Lipinski definition) is 1. The molecule has 0 fully saturated rings. The van der Waals surface area contributed by atoms with Gasteiger partial charge in [-0.25, -0.2) is 0 Å². The highest BCUT2D eigenvalue weighted by atomic mass is 35.5. The Labute approximate surface area is 81.1 Å². The minimum absolute atomic E-state index is 0.407. The van der Waals surface area contributed by atoms with E-state index in [1.807, 2.05) is 0 Å². The number of carboxylic acids is 1. The Kier molecular flexibility index (Phi) is 2.93. The molecule has 1 aromatic rings. The number of aromatic nitrogens is 2. The van der Waals surface area contributed by atoms with Crippen molar-refractivity contribution >= 4 is 17.6 Å². The number of rotatable bonds is 3. The number of halogens is 1. The minimum Gasteiger partial charge on any atom is -0.481 e. The van der Waals surface area contributed by atoms with Crippen LogP contribution in [0.25, 0.3) is 0 Å². The van der Waals surface area contributed by atoms with Crippen LogP contribution >= 0.6 is 11.6 Å². The van der Waals surface area contributed by atoms with Crippen molar-refractivity contribution in [3.63, 3.8) is 0 Å². The predicted octanol–water partition coefficient (Wildman–Crippen LogP) is 1.34. The maximum absolute atomic E-state index is 10.6. The zero-order valence-electron chi connectivity index (χ0n) is 7.49. The van der Waals surface area contributed by atoms with Crippen LogP contribution in [0.15, 0.2) is 6.20 Å². The van der Waals surface area contributed by atoms with E-state index in [0.717, 1.165) is 5.69 Å². The van der Waals surface area contributed by atoms with Crippen LogP contribution in [-0.4, -0.2) is 20.9 Å². The molecule has 1 N–H and O–H groups in total. The third-order valence-corrected chi connectivity index (χ3v) is 2.25. The Balaban J connectivity index is 2.79. The summed E-state index contributed by atoms with van der Waals surface area (Å²) in [6, 6.07) is 0. The van der Waals surface area contributed by atoms with Crippen LogP contribution in [0.2, 0.25) is 5.02 Å². The SMILES string of the molecule is CC(Cc1c(Cl)cnn1C)C(=O)O. The van der Waals surface area contributed by atoms with E-state index in [9.17, 15) is 4.79 Å². The summed E-state index contributed by atoms with van der Waals surface area (Å²) in [4.78, 5) is 10.6. The quantitative estimate of drug-likeness (QED) is 0.805. The molecule has 0 aliphatic rings. The molecule has 1 atom stereocenters. The topological polar surface area (TPSA) is 55.1 Å². The largest absolute Gasteiger partial charge is 0.481 e. The van der Waals surface area contributed by atoms with Gasteiger partial charge in [-0.2, -0.15) is 5.10 Å². The fraction of sp³-hybridized carbons (Fsp3) is 0.500. The first-order chi connectivity index (χ1) is 6.02. The molecule has 0 amide bonds. The lowest BCUT2D eigenvalue weighted by molar-refractivity contribution is -0.141. The lowest BCUT2D eigenvalue weighted by atomic mass is 10.1. The summed E-state index contributed by atoms with van der Waals surface area (Å²) < 4.78 is 1.60. The van der Waals surface area contributed by atoms with E-state index in [0.29, 0.717) is 11.4 Å². The highest BCUT2D eigenvalue weighted by molar-refractivity contribution is 6.31. The van der Waals surface area contributed by atoms with Crippen molar-refractivity contribution in [2.45, 2.75) is 13.3 Å². The summed E-state index contributed by atoms with van der Waals surface area (Å²) in [5, 5.41) is 13.1. The molecule has 1 aromatic heterocycles. The standard InChI is InChI=1S/C8H11ClN2O2/c1-5(8(12)13)3-7-6(9)4-10-11(7)2/h4-5H,3H2,1-2H3,(H,12,13). The van der Waals surface area contributed by atoms with Crippen LogP contribution in [0.1, 0.15) is 12.6 Å². The highest BCUT2D eigenvalue weighted by Gasteiger charge is 2.16. The van der Waals surface area contributed by atoms with E-state index in [1.54, 1.807) is 18.7 Å². The molecule has 0 spiro atoms. The summed E-state index contributed by atoms with van der Waals surface area (Å²) in [7, 11) is 1.75. The summed E-state index contributed by atoms with van der Waals surface area (Å²) in [6.45, 7) is 1.64. The van der Waals surface area contributed by atoms with Gasteiger partial charge < -0.3 is 5.11 Å². The molecule has 0 aliphatic heterocycles. The second-order valence-corrected chi connectivity index (χ2v) is 3.41. The maximum atomic E-state index is 10.6. The van der Waals surface area contributed by atoms with Gasteiger partial charge in [0.15, 0.2) is 0 Å². The molecule has 0 saturated carbocycles.